The molecule has 0 saturated heterocycles. The van der Waals surface area contributed by atoms with Crippen molar-refractivity contribution in [2.75, 3.05) is 32.6 Å². The zero-order valence-electron chi connectivity index (χ0n) is 15.4. The highest BCUT2D eigenvalue weighted by Crippen LogP contribution is 2.14. The van der Waals surface area contributed by atoms with Gasteiger partial charge in [0.25, 0.3) is 5.91 Å². The topological polar surface area (TPSA) is 40.2 Å². The van der Waals surface area contributed by atoms with Gasteiger partial charge in [-0.25, -0.2) is 0 Å². The van der Waals surface area contributed by atoms with Crippen LogP contribution >= 0.6 is 11.6 Å². The maximum atomic E-state index is 12.4. The van der Waals surface area contributed by atoms with Crippen molar-refractivity contribution in [3.05, 3.63) is 64.7 Å². The van der Waals surface area contributed by atoms with Crippen LogP contribution in [0.15, 0.2) is 48.5 Å². The molecule has 5 heteroatoms. The van der Waals surface area contributed by atoms with E-state index in [1.807, 2.05) is 45.4 Å². The zero-order chi connectivity index (χ0) is 18.4. The highest BCUT2D eigenvalue weighted by atomic mass is 35.5. The molecule has 0 unspecified atom stereocenters. The molecule has 2 aromatic rings. The molecule has 0 heterocycles. The number of carbonyl (C=O) groups excluding carboxylic acids is 1. The summed E-state index contributed by atoms with van der Waals surface area (Å²) in [5.74, 6) is 0.123. The van der Waals surface area contributed by atoms with Crippen LogP contribution in [0.5, 0.6) is 0 Å². The molecule has 0 fully saturated rings. The molecule has 0 saturated carbocycles. The van der Waals surface area contributed by atoms with Crippen LogP contribution in [0.4, 0.5) is 5.69 Å². The number of anilines is 1. The maximum absolute atomic E-state index is 12.4. The van der Waals surface area contributed by atoms with Crippen LogP contribution in [0.2, 0.25) is 5.02 Å². The summed E-state index contributed by atoms with van der Waals surface area (Å²) in [7, 11) is 5.88. The van der Waals surface area contributed by atoms with Gasteiger partial charge in [-0.15, -0.1) is 0 Å². The monoisotopic (exact) mass is 360 g/mol. The molecule has 2 N–H and O–H groups in total. The fourth-order valence-corrected chi connectivity index (χ4v) is 2.72. The Kier molecular flexibility index (Phi) is 6.85. The number of benzene rings is 2. The van der Waals surface area contributed by atoms with Crippen molar-refractivity contribution < 1.29 is 10.1 Å². The predicted molar refractivity (Wildman–Crippen MR) is 104 cm³/mol. The lowest BCUT2D eigenvalue weighted by atomic mass is 10.1. The molecule has 0 radical (unpaired) electrons. The van der Waals surface area contributed by atoms with E-state index in [0.29, 0.717) is 13.1 Å². The second kappa shape index (κ2) is 8.88. The SMILES string of the molecule is C[C@H]([NH2+]CC(=O)N(C)Cc1ccc(N(C)C)cc1)c1ccc(Cl)cc1. The molecule has 0 spiro atoms. The Hall–Kier alpha value is -2.04. The second-order valence-corrected chi connectivity index (χ2v) is 7.03. The fourth-order valence-electron chi connectivity index (χ4n) is 2.60. The first-order valence-corrected chi connectivity index (χ1v) is 8.83. The molecule has 4 nitrogen and oxygen atoms in total. The molecular formula is C20H27ClN3O+. The van der Waals surface area contributed by atoms with Gasteiger partial charge in [0.15, 0.2) is 6.54 Å². The van der Waals surface area contributed by atoms with Gasteiger partial charge in [0.2, 0.25) is 0 Å². The van der Waals surface area contributed by atoms with E-state index in [9.17, 15) is 4.79 Å². The minimum absolute atomic E-state index is 0.123. The van der Waals surface area contributed by atoms with E-state index in [-0.39, 0.29) is 11.9 Å². The molecule has 0 aliphatic rings. The van der Waals surface area contributed by atoms with E-state index in [1.165, 1.54) is 5.56 Å². The van der Waals surface area contributed by atoms with Crippen LogP contribution in [0, 0.1) is 0 Å². The number of rotatable bonds is 7. The molecule has 2 rings (SSSR count). The van der Waals surface area contributed by atoms with E-state index >= 15 is 0 Å². The van der Waals surface area contributed by atoms with Gasteiger partial charge >= 0.3 is 0 Å². The number of hydrogen-bond donors (Lipinski definition) is 1. The Morgan fingerprint density at radius 2 is 1.64 bits per heavy atom. The summed E-state index contributed by atoms with van der Waals surface area (Å²) in [6.07, 6.45) is 0. The van der Waals surface area contributed by atoms with Crippen LogP contribution in [0.3, 0.4) is 0 Å². The van der Waals surface area contributed by atoms with E-state index < -0.39 is 0 Å². The Labute approximate surface area is 155 Å². The number of halogens is 1. The molecule has 0 bridgehead atoms. The molecule has 1 atom stereocenters. The molecule has 0 aliphatic carbocycles. The smallest absolute Gasteiger partial charge is 0.277 e. The molecular weight excluding hydrogens is 334 g/mol. The minimum atomic E-state index is 0.123. The zero-order valence-corrected chi connectivity index (χ0v) is 16.1. The molecule has 2 aromatic carbocycles. The minimum Gasteiger partial charge on any atom is -0.378 e. The highest BCUT2D eigenvalue weighted by Gasteiger charge is 2.15. The van der Waals surface area contributed by atoms with Gasteiger partial charge in [0.1, 0.15) is 6.04 Å². The van der Waals surface area contributed by atoms with Crippen molar-refractivity contribution in [1.82, 2.24) is 4.90 Å². The van der Waals surface area contributed by atoms with E-state index in [0.717, 1.165) is 16.3 Å². The number of hydrogen-bond acceptors (Lipinski definition) is 2. The summed E-state index contributed by atoms with van der Waals surface area (Å²) in [5.41, 5.74) is 3.45. The van der Waals surface area contributed by atoms with Crippen molar-refractivity contribution in [2.45, 2.75) is 19.5 Å². The van der Waals surface area contributed by atoms with Gasteiger partial charge in [-0.05, 0) is 36.8 Å². The third-order valence-electron chi connectivity index (χ3n) is 4.34. The van der Waals surface area contributed by atoms with Gasteiger partial charge in [0.05, 0.1) is 0 Å². The number of amides is 1. The molecule has 0 aliphatic heterocycles. The van der Waals surface area contributed by atoms with Crippen molar-refractivity contribution >= 4 is 23.2 Å². The average molecular weight is 361 g/mol. The second-order valence-electron chi connectivity index (χ2n) is 6.59. The van der Waals surface area contributed by atoms with Gasteiger partial charge < -0.3 is 15.1 Å². The highest BCUT2D eigenvalue weighted by molar-refractivity contribution is 6.30. The number of nitrogens with two attached hydrogens (primary N) is 1. The van der Waals surface area contributed by atoms with Crippen LogP contribution in [0.25, 0.3) is 0 Å². The van der Waals surface area contributed by atoms with Gasteiger partial charge in [-0.3, -0.25) is 4.79 Å². The quantitative estimate of drug-likeness (QED) is 0.824. The third kappa shape index (κ3) is 5.76. The predicted octanol–water partition coefficient (Wildman–Crippen LogP) is 2.69. The Morgan fingerprint density at radius 1 is 1.04 bits per heavy atom. The average Bonchev–Trinajstić information content (AvgIpc) is 2.60. The summed E-state index contributed by atoms with van der Waals surface area (Å²) >= 11 is 5.92. The lowest BCUT2D eigenvalue weighted by Gasteiger charge is -2.19. The van der Waals surface area contributed by atoms with E-state index in [1.54, 1.807) is 4.90 Å². The summed E-state index contributed by atoms with van der Waals surface area (Å²) in [5, 5.41) is 2.78. The number of likely N-dealkylation sites (N-methyl/N-ethyl adjacent to an activating group) is 1. The Balaban J connectivity index is 1.84. The summed E-state index contributed by atoms with van der Waals surface area (Å²) < 4.78 is 0. The van der Waals surface area contributed by atoms with E-state index in [4.69, 9.17) is 11.6 Å². The number of nitrogens with zero attached hydrogens (tertiary/aromatic N) is 2. The fraction of sp³-hybridized carbons (Fsp3) is 0.350. The van der Waals surface area contributed by atoms with Crippen LogP contribution < -0.4 is 10.2 Å². The van der Waals surface area contributed by atoms with Crippen molar-refractivity contribution in [1.29, 1.82) is 0 Å². The Morgan fingerprint density at radius 3 is 2.20 bits per heavy atom. The third-order valence-corrected chi connectivity index (χ3v) is 4.59. The summed E-state index contributed by atoms with van der Waals surface area (Å²) in [4.78, 5) is 16.2. The van der Waals surface area contributed by atoms with E-state index in [2.05, 4.69) is 41.4 Å². The lowest BCUT2D eigenvalue weighted by Crippen LogP contribution is -2.86. The maximum Gasteiger partial charge on any atom is 0.277 e. The largest absolute Gasteiger partial charge is 0.378 e. The number of carbonyl (C=O) groups is 1. The van der Waals surface area contributed by atoms with Crippen molar-refractivity contribution in [2.24, 2.45) is 0 Å². The molecule has 25 heavy (non-hydrogen) atoms. The van der Waals surface area contributed by atoms with Crippen LogP contribution in [0.1, 0.15) is 24.1 Å². The molecule has 0 aromatic heterocycles. The first-order chi connectivity index (χ1) is 11.9. The summed E-state index contributed by atoms with van der Waals surface area (Å²) in [6.45, 7) is 3.14. The van der Waals surface area contributed by atoms with Crippen molar-refractivity contribution in [3.63, 3.8) is 0 Å². The normalized spacial score (nSPS) is 11.9. The first kappa shape index (κ1) is 19.3. The molecule has 1 amide bonds. The van der Waals surface area contributed by atoms with Crippen LogP contribution in [-0.4, -0.2) is 38.5 Å². The number of quaternary nitrogens is 1. The first-order valence-electron chi connectivity index (χ1n) is 8.46. The van der Waals surface area contributed by atoms with Crippen LogP contribution in [-0.2, 0) is 11.3 Å². The Bertz CT molecular complexity index is 683. The van der Waals surface area contributed by atoms with Gasteiger partial charge in [0, 0.05) is 44.0 Å². The molecule has 134 valence electrons. The summed E-state index contributed by atoms with van der Waals surface area (Å²) in [6, 6.07) is 16.3. The van der Waals surface area contributed by atoms with Gasteiger partial charge in [-0.2, -0.15) is 0 Å². The van der Waals surface area contributed by atoms with Gasteiger partial charge in [-0.1, -0.05) is 35.9 Å². The standard InChI is InChI=1S/C20H26ClN3O/c1-15(17-7-9-18(21)10-8-17)22-13-20(25)24(4)14-16-5-11-19(12-6-16)23(2)3/h5-12,15,22H,13-14H2,1-4H3/p+1/t15-/m0/s1. The van der Waals surface area contributed by atoms with Crippen molar-refractivity contribution in [3.8, 4) is 0 Å². The lowest BCUT2D eigenvalue weighted by molar-refractivity contribution is -0.683.